The number of rotatable bonds is 5. The van der Waals surface area contributed by atoms with Gasteiger partial charge in [0.15, 0.2) is 0 Å². The Hall–Kier alpha value is -4.07. The van der Waals surface area contributed by atoms with Gasteiger partial charge in [0.2, 0.25) is 0 Å². The minimum atomic E-state index is -0.564. The molecule has 0 aliphatic rings. The highest BCUT2D eigenvalue weighted by Gasteiger charge is 2.26. The lowest BCUT2D eigenvalue weighted by atomic mass is 10.1. The first kappa shape index (κ1) is 17.7. The first-order valence-electron chi connectivity index (χ1n) is 7.86. The summed E-state index contributed by atoms with van der Waals surface area (Å²) < 4.78 is 0. The SMILES string of the molecule is O=C(c1ccc([N+](=O)[O-])cc1)N(c1ccccc1)c1ccccc1[N+](=O)[O-]. The molecule has 0 aliphatic carbocycles. The van der Waals surface area contributed by atoms with Crippen molar-refractivity contribution < 1.29 is 14.6 Å². The van der Waals surface area contributed by atoms with E-state index >= 15 is 0 Å². The number of amides is 1. The molecule has 0 saturated heterocycles. The number of nitro benzene ring substituents is 2. The average Bonchev–Trinajstić information content (AvgIpc) is 2.69. The predicted octanol–water partition coefficient (Wildman–Crippen LogP) is 4.48. The Bertz CT molecular complexity index is 1000. The molecule has 3 aromatic carbocycles. The van der Waals surface area contributed by atoms with Crippen LogP contribution in [0, 0.1) is 20.2 Å². The Morgan fingerprint density at radius 1 is 0.741 bits per heavy atom. The van der Waals surface area contributed by atoms with Crippen molar-refractivity contribution >= 4 is 28.7 Å². The molecule has 27 heavy (non-hydrogen) atoms. The van der Waals surface area contributed by atoms with Gasteiger partial charge in [-0.05, 0) is 30.3 Å². The molecule has 0 radical (unpaired) electrons. The van der Waals surface area contributed by atoms with Crippen LogP contribution in [-0.2, 0) is 0 Å². The van der Waals surface area contributed by atoms with Crippen LogP contribution in [0.2, 0.25) is 0 Å². The Morgan fingerprint density at radius 3 is 1.93 bits per heavy atom. The van der Waals surface area contributed by atoms with Gasteiger partial charge in [-0.1, -0.05) is 30.3 Å². The normalized spacial score (nSPS) is 10.2. The monoisotopic (exact) mass is 363 g/mol. The van der Waals surface area contributed by atoms with E-state index in [1.54, 1.807) is 36.4 Å². The van der Waals surface area contributed by atoms with Gasteiger partial charge in [0.25, 0.3) is 17.3 Å². The summed E-state index contributed by atoms with van der Waals surface area (Å²) in [7, 11) is 0. The number of carbonyl (C=O) groups is 1. The smallest absolute Gasteiger partial charge is 0.270 e. The summed E-state index contributed by atoms with van der Waals surface area (Å²) in [5, 5.41) is 22.2. The second kappa shape index (κ2) is 7.44. The van der Waals surface area contributed by atoms with Crippen molar-refractivity contribution in [3.05, 3.63) is 105 Å². The largest absolute Gasteiger partial charge is 0.293 e. The first-order chi connectivity index (χ1) is 13.0. The lowest BCUT2D eigenvalue weighted by Crippen LogP contribution is -2.26. The van der Waals surface area contributed by atoms with E-state index in [1.165, 1.54) is 47.4 Å². The van der Waals surface area contributed by atoms with Gasteiger partial charge in [-0.15, -0.1) is 0 Å². The molecule has 8 nitrogen and oxygen atoms in total. The highest BCUT2D eigenvalue weighted by molar-refractivity contribution is 6.12. The van der Waals surface area contributed by atoms with Gasteiger partial charge >= 0.3 is 0 Å². The second-order valence-electron chi connectivity index (χ2n) is 5.53. The van der Waals surface area contributed by atoms with Crippen molar-refractivity contribution in [1.82, 2.24) is 0 Å². The van der Waals surface area contributed by atoms with Crippen molar-refractivity contribution in [2.45, 2.75) is 0 Å². The molecule has 0 bridgehead atoms. The topological polar surface area (TPSA) is 107 Å². The molecule has 0 unspecified atom stereocenters. The van der Waals surface area contributed by atoms with Gasteiger partial charge in [-0.3, -0.25) is 29.9 Å². The highest BCUT2D eigenvalue weighted by atomic mass is 16.6. The predicted molar refractivity (Wildman–Crippen MR) is 99.1 cm³/mol. The van der Waals surface area contributed by atoms with Gasteiger partial charge in [-0.2, -0.15) is 0 Å². The van der Waals surface area contributed by atoms with E-state index in [9.17, 15) is 25.0 Å². The summed E-state index contributed by atoms with van der Waals surface area (Å²) in [6, 6.07) is 19.5. The van der Waals surface area contributed by atoms with Crippen molar-refractivity contribution in [1.29, 1.82) is 0 Å². The van der Waals surface area contributed by atoms with Crippen LogP contribution in [0.1, 0.15) is 10.4 Å². The summed E-state index contributed by atoms with van der Waals surface area (Å²) in [4.78, 5) is 35.5. The molecule has 8 heteroatoms. The Kier molecular flexibility index (Phi) is 4.89. The number of anilines is 2. The zero-order valence-corrected chi connectivity index (χ0v) is 13.9. The fourth-order valence-corrected chi connectivity index (χ4v) is 2.61. The minimum absolute atomic E-state index is 0.108. The van der Waals surface area contributed by atoms with Crippen LogP contribution in [0.25, 0.3) is 0 Å². The third-order valence-electron chi connectivity index (χ3n) is 3.86. The Morgan fingerprint density at radius 2 is 1.33 bits per heavy atom. The molecular formula is C19H13N3O5. The van der Waals surface area contributed by atoms with Gasteiger partial charge in [0.05, 0.1) is 9.85 Å². The molecule has 0 spiro atoms. The lowest BCUT2D eigenvalue weighted by molar-refractivity contribution is -0.384. The van der Waals surface area contributed by atoms with Gasteiger partial charge in [-0.25, -0.2) is 0 Å². The van der Waals surface area contributed by atoms with E-state index in [-0.39, 0.29) is 22.6 Å². The molecular weight excluding hydrogens is 350 g/mol. The lowest BCUT2D eigenvalue weighted by Gasteiger charge is -2.22. The molecule has 0 heterocycles. The maximum absolute atomic E-state index is 13.1. The molecule has 0 atom stereocenters. The van der Waals surface area contributed by atoms with E-state index < -0.39 is 15.8 Å². The van der Waals surface area contributed by atoms with Gasteiger partial charge in [0, 0.05) is 29.4 Å². The molecule has 0 aliphatic heterocycles. The zero-order valence-electron chi connectivity index (χ0n) is 13.9. The number of hydrogen-bond acceptors (Lipinski definition) is 5. The van der Waals surface area contributed by atoms with Crippen molar-refractivity contribution in [3.8, 4) is 0 Å². The Labute approximate surface area is 153 Å². The van der Waals surface area contributed by atoms with Crippen LogP contribution in [0.4, 0.5) is 22.7 Å². The molecule has 0 N–H and O–H groups in total. The molecule has 3 aromatic rings. The quantitative estimate of drug-likeness (QED) is 0.490. The molecule has 3 rings (SSSR count). The number of non-ortho nitro benzene ring substituents is 1. The number of carbonyl (C=O) groups excluding carboxylic acids is 1. The number of benzene rings is 3. The summed E-state index contributed by atoms with van der Waals surface area (Å²) >= 11 is 0. The first-order valence-corrected chi connectivity index (χ1v) is 7.86. The molecule has 0 saturated carbocycles. The average molecular weight is 363 g/mol. The highest BCUT2D eigenvalue weighted by Crippen LogP contribution is 2.34. The van der Waals surface area contributed by atoms with E-state index in [0.29, 0.717) is 5.69 Å². The van der Waals surface area contributed by atoms with Crippen LogP contribution in [0.5, 0.6) is 0 Å². The third-order valence-corrected chi connectivity index (χ3v) is 3.86. The molecule has 0 fully saturated rings. The summed E-state index contributed by atoms with van der Waals surface area (Å²) in [5.41, 5.74) is 0.343. The van der Waals surface area contributed by atoms with Crippen LogP contribution >= 0.6 is 0 Å². The van der Waals surface area contributed by atoms with Crippen LogP contribution < -0.4 is 4.90 Å². The maximum atomic E-state index is 13.1. The maximum Gasteiger partial charge on any atom is 0.293 e. The van der Waals surface area contributed by atoms with Crippen molar-refractivity contribution in [3.63, 3.8) is 0 Å². The van der Waals surface area contributed by atoms with E-state index in [2.05, 4.69) is 0 Å². The fraction of sp³-hybridized carbons (Fsp3) is 0. The molecule has 134 valence electrons. The van der Waals surface area contributed by atoms with E-state index in [1.807, 2.05) is 0 Å². The standard InChI is InChI=1S/C19H13N3O5/c23-19(14-10-12-16(13-11-14)21(24)25)20(15-6-2-1-3-7-15)17-8-4-5-9-18(17)22(26)27/h1-13H. The minimum Gasteiger partial charge on any atom is -0.270 e. The zero-order chi connectivity index (χ0) is 19.4. The van der Waals surface area contributed by atoms with Crippen LogP contribution in [-0.4, -0.2) is 15.8 Å². The Balaban J connectivity index is 2.13. The van der Waals surface area contributed by atoms with Crippen LogP contribution in [0.3, 0.4) is 0 Å². The van der Waals surface area contributed by atoms with Crippen molar-refractivity contribution in [2.75, 3.05) is 4.90 Å². The second-order valence-corrected chi connectivity index (χ2v) is 5.53. The van der Waals surface area contributed by atoms with E-state index in [0.717, 1.165) is 0 Å². The van der Waals surface area contributed by atoms with Crippen molar-refractivity contribution in [2.24, 2.45) is 0 Å². The summed E-state index contributed by atoms with van der Waals surface area (Å²) in [6.07, 6.45) is 0. The third kappa shape index (κ3) is 3.64. The molecule has 0 aromatic heterocycles. The summed E-state index contributed by atoms with van der Waals surface area (Å²) in [5.74, 6) is -0.537. The number of nitro groups is 2. The molecule has 1 amide bonds. The number of hydrogen-bond donors (Lipinski definition) is 0. The van der Waals surface area contributed by atoms with Crippen LogP contribution in [0.15, 0.2) is 78.9 Å². The number of para-hydroxylation sites is 3. The summed E-state index contributed by atoms with van der Waals surface area (Å²) in [6.45, 7) is 0. The number of nitrogens with zero attached hydrogens (tertiary/aromatic N) is 3. The van der Waals surface area contributed by atoms with Gasteiger partial charge in [0.1, 0.15) is 5.69 Å². The van der Waals surface area contributed by atoms with E-state index in [4.69, 9.17) is 0 Å². The van der Waals surface area contributed by atoms with Gasteiger partial charge < -0.3 is 0 Å². The fourth-order valence-electron chi connectivity index (χ4n) is 2.61.